The van der Waals surface area contributed by atoms with Crippen LogP contribution in [0.4, 0.5) is 0 Å². The third kappa shape index (κ3) is 2.88. The van der Waals surface area contributed by atoms with Crippen molar-refractivity contribution in [2.24, 2.45) is 5.16 Å². The monoisotopic (exact) mass is 245 g/mol. The van der Waals surface area contributed by atoms with Gasteiger partial charge in [0.1, 0.15) is 12.4 Å². The van der Waals surface area contributed by atoms with E-state index in [1.165, 1.54) is 0 Å². The molecule has 94 valence electrons. The Morgan fingerprint density at radius 1 is 1.39 bits per heavy atom. The molecule has 1 aromatic heterocycles. The zero-order valence-corrected chi connectivity index (χ0v) is 10.2. The molecule has 0 radical (unpaired) electrons. The van der Waals surface area contributed by atoms with Crippen molar-refractivity contribution in [1.82, 2.24) is 9.78 Å². The second-order valence-electron chi connectivity index (χ2n) is 3.80. The molecule has 1 N–H and O–H groups in total. The van der Waals surface area contributed by atoms with Crippen molar-refractivity contribution in [1.29, 1.82) is 0 Å². The fraction of sp³-hybridized carbons (Fsp3) is 0.231. The Kier molecular flexibility index (Phi) is 3.96. The average Bonchev–Trinajstić information content (AvgIpc) is 2.92. The summed E-state index contributed by atoms with van der Waals surface area (Å²) in [6.45, 7) is 2.92. The van der Waals surface area contributed by atoms with Crippen LogP contribution >= 0.6 is 0 Å². The maximum Gasteiger partial charge on any atom is 0.128 e. The summed E-state index contributed by atoms with van der Waals surface area (Å²) in [4.78, 5) is 0. The van der Waals surface area contributed by atoms with Crippen molar-refractivity contribution >= 4 is 5.71 Å². The number of oxime groups is 1. The number of rotatable bonds is 5. The van der Waals surface area contributed by atoms with Crippen LogP contribution in [0.5, 0.6) is 5.75 Å². The van der Waals surface area contributed by atoms with Gasteiger partial charge in [-0.05, 0) is 25.1 Å². The van der Waals surface area contributed by atoms with Crippen molar-refractivity contribution in [2.75, 3.05) is 6.61 Å². The molecule has 5 heteroatoms. The van der Waals surface area contributed by atoms with Gasteiger partial charge >= 0.3 is 0 Å². The summed E-state index contributed by atoms with van der Waals surface area (Å²) in [5, 5.41) is 16.1. The number of para-hydroxylation sites is 1. The Morgan fingerprint density at radius 3 is 2.94 bits per heavy atom. The number of benzene rings is 1. The molecular weight excluding hydrogens is 230 g/mol. The summed E-state index contributed by atoms with van der Waals surface area (Å²) < 4.78 is 7.48. The van der Waals surface area contributed by atoms with Crippen LogP contribution in [0.1, 0.15) is 12.5 Å². The van der Waals surface area contributed by atoms with Gasteiger partial charge in [-0.3, -0.25) is 4.68 Å². The van der Waals surface area contributed by atoms with Crippen LogP contribution in [-0.4, -0.2) is 27.3 Å². The van der Waals surface area contributed by atoms with Gasteiger partial charge in [0.25, 0.3) is 0 Å². The second kappa shape index (κ2) is 5.86. The van der Waals surface area contributed by atoms with E-state index in [1.54, 1.807) is 17.8 Å². The van der Waals surface area contributed by atoms with Crippen LogP contribution in [0.3, 0.4) is 0 Å². The zero-order chi connectivity index (χ0) is 12.8. The molecule has 0 aliphatic carbocycles. The van der Waals surface area contributed by atoms with Crippen molar-refractivity contribution in [3.05, 3.63) is 48.3 Å². The Labute approximate surface area is 105 Å². The highest BCUT2D eigenvalue weighted by molar-refractivity contribution is 6.00. The molecule has 2 rings (SSSR count). The zero-order valence-electron chi connectivity index (χ0n) is 10.2. The van der Waals surface area contributed by atoms with E-state index in [0.717, 1.165) is 5.56 Å². The lowest BCUT2D eigenvalue weighted by atomic mass is 10.1. The first-order valence-electron chi connectivity index (χ1n) is 5.69. The van der Waals surface area contributed by atoms with Crippen LogP contribution in [0.2, 0.25) is 0 Å². The highest BCUT2D eigenvalue weighted by Gasteiger charge is 2.06. The van der Waals surface area contributed by atoms with Gasteiger partial charge in [-0.1, -0.05) is 17.3 Å². The fourth-order valence-corrected chi connectivity index (χ4v) is 1.63. The van der Waals surface area contributed by atoms with Crippen LogP contribution in [0, 0.1) is 0 Å². The summed E-state index contributed by atoms with van der Waals surface area (Å²) in [7, 11) is 0. The summed E-state index contributed by atoms with van der Waals surface area (Å²) >= 11 is 0. The van der Waals surface area contributed by atoms with Gasteiger partial charge in [0.05, 0.1) is 12.3 Å². The lowest BCUT2D eigenvalue weighted by Gasteiger charge is -2.10. The highest BCUT2D eigenvalue weighted by atomic mass is 16.5. The largest absolute Gasteiger partial charge is 0.491 e. The highest BCUT2D eigenvalue weighted by Crippen LogP contribution is 2.18. The Balaban J connectivity index is 2.01. The molecule has 0 spiro atoms. The van der Waals surface area contributed by atoms with E-state index in [-0.39, 0.29) is 0 Å². The van der Waals surface area contributed by atoms with Crippen LogP contribution < -0.4 is 4.74 Å². The van der Waals surface area contributed by atoms with E-state index < -0.39 is 0 Å². The molecule has 0 saturated heterocycles. The number of nitrogens with zero attached hydrogens (tertiary/aromatic N) is 3. The van der Waals surface area contributed by atoms with E-state index >= 15 is 0 Å². The maximum atomic E-state index is 8.81. The van der Waals surface area contributed by atoms with E-state index in [1.807, 2.05) is 36.5 Å². The molecule has 1 heterocycles. The SMILES string of the molecule is CC(=NO)c1ccccc1OCCn1cccn1. The summed E-state index contributed by atoms with van der Waals surface area (Å²) in [5.41, 5.74) is 1.32. The van der Waals surface area contributed by atoms with Crippen LogP contribution in [-0.2, 0) is 6.54 Å². The third-order valence-electron chi connectivity index (χ3n) is 2.56. The molecule has 0 unspecified atom stereocenters. The minimum atomic E-state index is 0.511. The molecule has 2 aromatic rings. The fourth-order valence-electron chi connectivity index (χ4n) is 1.63. The second-order valence-corrected chi connectivity index (χ2v) is 3.80. The summed E-state index contributed by atoms with van der Waals surface area (Å²) in [5.74, 6) is 0.708. The predicted molar refractivity (Wildman–Crippen MR) is 68.2 cm³/mol. The lowest BCUT2D eigenvalue weighted by Crippen LogP contribution is -2.10. The van der Waals surface area contributed by atoms with Gasteiger partial charge in [0, 0.05) is 18.0 Å². The molecule has 0 aliphatic heterocycles. The molecule has 0 atom stereocenters. The molecule has 0 saturated carbocycles. The van der Waals surface area contributed by atoms with Gasteiger partial charge in [0.2, 0.25) is 0 Å². The van der Waals surface area contributed by atoms with Gasteiger partial charge in [-0.15, -0.1) is 0 Å². The van der Waals surface area contributed by atoms with Crippen LogP contribution in [0.25, 0.3) is 0 Å². The first kappa shape index (κ1) is 12.2. The van der Waals surface area contributed by atoms with Crippen molar-refractivity contribution in [3.8, 4) is 5.75 Å². The van der Waals surface area contributed by atoms with E-state index in [2.05, 4.69) is 10.3 Å². The summed E-state index contributed by atoms with van der Waals surface area (Å²) in [6, 6.07) is 9.35. The van der Waals surface area contributed by atoms with E-state index in [9.17, 15) is 0 Å². The molecule has 5 nitrogen and oxygen atoms in total. The van der Waals surface area contributed by atoms with Crippen molar-refractivity contribution in [3.63, 3.8) is 0 Å². The Bertz CT molecular complexity index is 521. The Hall–Kier alpha value is -2.30. The standard InChI is InChI=1S/C13H15N3O2/c1-11(15-17)12-5-2-3-6-13(12)18-10-9-16-8-4-7-14-16/h2-8,17H,9-10H2,1H3. The molecule has 18 heavy (non-hydrogen) atoms. The molecule has 0 bridgehead atoms. The van der Waals surface area contributed by atoms with Gasteiger partial charge in [-0.2, -0.15) is 5.10 Å². The first-order valence-corrected chi connectivity index (χ1v) is 5.69. The minimum Gasteiger partial charge on any atom is -0.491 e. The number of hydrogen-bond donors (Lipinski definition) is 1. The van der Waals surface area contributed by atoms with Gasteiger partial charge in [0.15, 0.2) is 0 Å². The molecule has 0 aliphatic rings. The maximum absolute atomic E-state index is 8.81. The third-order valence-corrected chi connectivity index (χ3v) is 2.56. The van der Waals surface area contributed by atoms with Gasteiger partial charge in [-0.25, -0.2) is 0 Å². The van der Waals surface area contributed by atoms with E-state index in [0.29, 0.717) is 24.6 Å². The van der Waals surface area contributed by atoms with Crippen molar-refractivity contribution in [2.45, 2.75) is 13.5 Å². The average molecular weight is 245 g/mol. The molecular formula is C13H15N3O2. The topological polar surface area (TPSA) is 59.6 Å². The molecule has 1 aromatic carbocycles. The normalized spacial score (nSPS) is 11.5. The quantitative estimate of drug-likeness (QED) is 0.499. The smallest absolute Gasteiger partial charge is 0.128 e. The number of hydrogen-bond acceptors (Lipinski definition) is 4. The Morgan fingerprint density at radius 2 is 2.22 bits per heavy atom. The number of ether oxygens (including phenoxy) is 1. The van der Waals surface area contributed by atoms with Crippen LogP contribution in [0.15, 0.2) is 47.9 Å². The minimum absolute atomic E-state index is 0.511. The lowest BCUT2D eigenvalue weighted by molar-refractivity contribution is 0.290. The molecule has 0 amide bonds. The first-order chi connectivity index (χ1) is 8.81. The van der Waals surface area contributed by atoms with Crippen molar-refractivity contribution < 1.29 is 9.94 Å². The van der Waals surface area contributed by atoms with E-state index in [4.69, 9.17) is 9.94 Å². The predicted octanol–water partition coefficient (Wildman–Crippen LogP) is 2.16. The van der Waals surface area contributed by atoms with Gasteiger partial charge < -0.3 is 9.94 Å². The molecule has 0 fully saturated rings. The summed E-state index contributed by atoms with van der Waals surface area (Å²) in [6.07, 6.45) is 3.62. The number of aromatic nitrogens is 2.